The van der Waals surface area contributed by atoms with Gasteiger partial charge in [-0.3, -0.25) is 17.5 Å². The fourth-order valence-corrected chi connectivity index (χ4v) is 5.79. The highest BCUT2D eigenvalue weighted by Gasteiger charge is 2.11. The van der Waals surface area contributed by atoms with Gasteiger partial charge in [-0.15, -0.1) is 0 Å². The average molecular weight is 564 g/mol. The Morgan fingerprint density at radius 1 is 0.562 bits per heavy atom. The van der Waals surface area contributed by atoms with Gasteiger partial charge >= 0.3 is 0 Å². The molecule has 0 N–H and O–H groups in total. The van der Waals surface area contributed by atoms with Crippen LogP contribution in [0.5, 0.6) is 0 Å². The first kappa shape index (κ1) is 30.1. The molecule has 0 bridgehead atoms. The van der Waals surface area contributed by atoms with Crippen LogP contribution in [0.2, 0.25) is 18.7 Å². The summed E-state index contributed by atoms with van der Waals surface area (Å²) in [4.78, 5) is 23.0. The maximum atomic E-state index is 11.5. The first-order chi connectivity index (χ1) is 15.3. The number of unbranched alkanes of at least 4 members (excludes halogenated alkanes) is 10. The van der Waals surface area contributed by atoms with Crippen LogP contribution < -0.4 is 11.1 Å². The minimum Gasteiger partial charge on any atom is -0.267 e. The SMILES string of the molecule is CCCCCCCCn1sc(Cl)c(Cl)c1=O.CCCCCCCCn1sc(Cl)c(Cl)c1=O. The van der Waals surface area contributed by atoms with Gasteiger partial charge in [-0.25, -0.2) is 0 Å². The zero-order valence-electron chi connectivity index (χ0n) is 18.9. The van der Waals surface area contributed by atoms with Gasteiger partial charge in [-0.05, 0) is 35.9 Å². The topological polar surface area (TPSA) is 44.0 Å². The molecule has 4 nitrogen and oxygen atoms in total. The summed E-state index contributed by atoms with van der Waals surface area (Å²) in [6.07, 6.45) is 14.6. The van der Waals surface area contributed by atoms with Crippen LogP contribution in [-0.4, -0.2) is 7.91 Å². The van der Waals surface area contributed by atoms with E-state index < -0.39 is 0 Å². The van der Waals surface area contributed by atoms with E-state index in [1.54, 1.807) is 7.91 Å². The van der Waals surface area contributed by atoms with Crippen molar-refractivity contribution < 1.29 is 0 Å². The molecule has 2 heterocycles. The van der Waals surface area contributed by atoms with Crippen molar-refractivity contribution >= 4 is 69.5 Å². The summed E-state index contributed by atoms with van der Waals surface area (Å²) < 4.78 is 4.09. The molecule has 0 saturated heterocycles. The fraction of sp³-hybridized carbons (Fsp3) is 0.727. The minimum atomic E-state index is -0.148. The Kier molecular flexibility index (Phi) is 16.4. The second kappa shape index (κ2) is 17.5. The second-order valence-corrected chi connectivity index (χ2v) is 11.7. The quantitative estimate of drug-likeness (QED) is 0.215. The van der Waals surface area contributed by atoms with Gasteiger partial charge < -0.3 is 0 Å². The molecule has 32 heavy (non-hydrogen) atoms. The number of hydrogen-bond donors (Lipinski definition) is 0. The Labute approximate surface area is 219 Å². The van der Waals surface area contributed by atoms with E-state index in [9.17, 15) is 9.59 Å². The minimum absolute atomic E-state index is 0.148. The molecule has 0 aliphatic heterocycles. The third-order valence-electron chi connectivity index (χ3n) is 4.98. The average Bonchev–Trinajstić information content (AvgIpc) is 3.17. The number of halogens is 4. The Balaban J connectivity index is 0.000000320. The molecular formula is C22H34Cl4N2O2S2. The lowest BCUT2D eigenvalue weighted by atomic mass is 10.1. The zero-order chi connectivity index (χ0) is 23.9. The fourth-order valence-electron chi connectivity index (χ4n) is 3.11. The van der Waals surface area contributed by atoms with E-state index in [0.717, 1.165) is 25.9 Å². The third kappa shape index (κ3) is 11.0. The molecular weight excluding hydrogens is 530 g/mol. The second-order valence-electron chi connectivity index (χ2n) is 7.71. The van der Waals surface area contributed by atoms with Crippen LogP contribution in [0.25, 0.3) is 0 Å². The van der Waals surface area contributed by atoms with Crippen molar-refractivity contribution in [3.8, 4) is 0 Å². The molecule has 0 aromatic carbocycles. The van der Waals surface area contributed by atoms with Crippen molar-refractivity contribution in [2.75, 3.05) is 0 Å². The number of nitrogens with zero attached hydrogens (tertiary/aromatic N) is 2. The van der Waals surface area contributed by atoms with Crippen LogP contribution in [-0.2, 0) is 13.1 Å². The summed E-state index contributed by atoms with van der Waals surface area (Å²) in [6, 6.07) is 0. The van der Waals surface area contributed by atoms with Gasteiger partial charge in [-0.2, -0.15) is 0 Å². The van der Waals surface area contributed by atoms with Crippen LogP contribution >= 0.6 is 69.5 Å². The van der Waals surface area contributed by atoms with E-state index in [1.165, 1.54) is 87.3 Å². The third-order valence-corrected chi connectivity index (χ3v) is 8.76. The Hall–Kier alpha value is 0.0200. The maximum Gasteiger partial charge on any atom is 0.280 e. The van der Waals surface area contributed by atoms with E-state index in [4.69, 9.17) is 46.4 Å². The summed E-state index contributed by atoms with van der Waals surface area (Å²) in [7, 11) is 0. The Morgan fingerprint density at radius 2 is 0.875 bits per heavy atom. The molecule has 184 valence electrons. The normalized spacial score (nSPS) is 10.9. The summed E-state index contributed by atoms with van der Waals surface area (Å²) >= 11 is 25.5. The maximum absolute atomic E-state index is 11.5. The van der Waals surface area contributed by atoms with Crippen LogP contribution in [0, 0.1) is 0 Å². The van der Waals surface area contributed by atoms with E-state index in [2.05, 4.69) is 13.8 Å². The standard InChI is InChI=1S/2C11H17Cl2NOS/c2*1-2-3-4-5-6-7-8-14-11(15)9(12)10(13)16-14/h2*2-8H2,1H3. The molecule has 0 saturated carbocycles. The Morgan fingerprint density at radius 3 is 1.16 bits per heavy atom. The lowest BCUT2D eigenvalue weighted by Crippen LogP contribution is -2.13. The lowest BCUT2D eigenvalue weighted by molar-refractivity contribution is 0.569. The van der Waals surface area contributed by atoms with Crippen molar-refractivity contribution in [1.82, 2.24) is 7.91 Å². The first-order valence-corrected chi connectivity index (χ1v) is 14.5. The molecule has 0 atom stereocenters. The Bertz CT molecular complexity index is 817. The molecule has 0 spiro atoms. The van der Waals surface area contributed by atoms with Gasteiger partial charge in [0, 0.05) is 13.1 Å². The van der Waals surface area contributed by atoms with Crippen molar-refractivity contribution in [2.24, 2.45) is 0 Å². The van der Waals surface area contributed by atoms with E-state index in [-0.39, 0.29) is 21.2 Å². The van der Waals surface area contributed by atoms with Gasteiger partial charge in [0.05, 0.1) is 0 Å². The first-order valence-electron chi connectivity index (χ1n) is 11.4. The highest BCUT2D eigenvalue weighted by Crippen LogP contribution is 2.24. The summed E-state index contributed by atoms with van der Waals surface area (Å²) in [5.41, 5.74) is -0.296. The number of aryl methyl sites for hydroxylation is 2. The number of rotatable bonds is 14. The van der Waals surface area contributed by atoms with Crippen LogP contribution in [0.4, 0.5) is 0 Å². The van der Waals surface area contributed by atoms with Crippen molar-refractivity contribution in [1.29, 1.82) is 0 Å². The van der Waals surface area contributed by atoms with Crippen LogP contribution in [0.3, 0.4) is 0 Å². The summed E-state index contributed by atoms with van der Waals surface area (Å²) in [5, 5.41) is 0.329. The van der Waals surface area contributed by atoms with E-state index in [1.807, 2.05) is 0 Å². The van der Waals surface area contributed by atoms with E-state index >= 15 is 0 Å². The number of aromatic nitrogens is 2. The zero-order valence-corrected chi connectivity index (χ0v) is 23.6. The van der Waals surface area contributed by atoms with Gasteiger partial charge in [0.2, 0.25) is 0 Å². The number of hydrogen-bond acceptors (Lipinski definition) is 4. The van der Waals surface area contributed by atoms with Gasteiger partial charge in [0.1, 0.15) is 18.7 Å². The van der Waals surface area contributed by atoms with E-state index in [0.29, 0.717) is 8.67 Å². The van der Waals surface area contributed by atoms with Crippen molar-refractivity contribution in [2.45, 2.75) is 104 Å². The molecule has 0 aliphatic carbocycles. The molecule has 2 aromatic heterocycles. The molecule has 2 aromatic rings. The highest BCUT2D eigenvalue weighted by atomic mass is 35.5. The van der Waals surface area contributed by atoms with Gasteiger partial charge in [-0.1, -0.05) is 124 Å². The highest BCUT2D eigenvalue weighted by molar-refractivity contribution is 7.12. The molecule has 0 aliphatic rings. The summed E-state index contributed by atoms with van der Waals surface area (Å²) in [5.74, 6) is 0. The molecule has 0 unspecified atom stereocenters. The van der Waals surface area contributed by atoms with Gasteiger partial charge in [0.15, 0.2) is 0 Å². The van der Waals surface area contributed by atoms with Crippen molar-refractivity contribution in [3.05, 3.63) is 39.4 Å². The monoisotopic (exact) mass is 562 g/mol. The molecule has 0 fully saturated rings. The smallest absolute Gasteiger partial charge is 0.267 e. The predicted octanol–water partition coefficient (Wildman–Crippen LogP) is 9.15. The van der Waals surface area contributed by atoms with Crippen molar-refractivity contribution in [3.63, 3.8) is 0 Å². The molecule has 0 amide bonds. The predicted molar refractivity (Wildman–Crippen MR) is 144 cm³/mol. The largest absolute Gasteiger partial charge is 0.280 e. The molecule has 10 heteroatoms. The van der Waals surface area contributed by atoms with Gasteiger partial charge in [0.25, 0.3) is 11.1 Å². The summed E-state index contributed by atoms with van der Waals surface area (Å²) in [6.45, 7) is 5.88. The molecule has 0 radical (unpaired) electrons. The lowest BCUT2D eigenvalue weighted by Gasteiger charge is -2.00. The van der Waals surface area contributed by atoms with Crippen LogP contribution in [0.1, 0.15) is 90.9 Å². The molecule has 2 rings (SSSR count). The van der Waals surface area contributed by atoms with Crippen LogP contribution in [0.15, 0.2) is 9.59 Å².